The van der Waals surface area contributed by atoms with Crippen LogP contribution in [0.5, 0.6) is 0 Å². The summed E-state index contributed by atoms with van der Waals surface area (Å²) >= 11 is 1.20. The number of hydrogen-bond acceptors (Lipinski definition) is 4. The summed E-state index contributed by atoms with van der Waals surface area (Å²) in [5.74, 6) is 0. The molecule has 0 fully saturated rings. The third kappa shape index (κ3) is 3.86. The quantitative estimate of drug-likeness (QED) is 0.864. The highest BCUT2D eigenvalue weighted by atomic mass is 32.2. The molecular formula is C10H18N2O2S2. The molecule has 4 nitrogen and oxygen atoms in total. The molecule has 92 valence electrons. The molecule has 3 N–H and O–H groups in total. The van der Waals surface area contributed by atoms with Crippen molar-refractivity contribution in [3.8, 4) is 0 Å². The van der Waals surface area contributed by atoms with E-state index in [0.29, 0.717) is 17.3 Å². The fraction of sp³-hybridized carbons (Fsp3) is 0.600. The smallest absolute Gasteiger partial charge is 0.250 e. The number of rotatable bonds is 4. The Labute approximate surface area is 101 Å². The molecule has 0 amide bonds. The summed E-state index contributed by atoms with van der Waals surface area (Å²) in [6, 6.07) is 1.62. The van der Waals surface area contributed by atoms with Crippen LogP contribution in [0, 0.1) is 5.41 Å². The van der Waals surface area contributed by atoms with E-state index < -0.39 is 10.0 Å². The summed E-state index contributed by atoms with van der Waals surface area (Å²) in [6.45, 7) is 6.73. The molecule has 0 aliphatic heterocycles. The summed E-state index contributed by atoms with van der Waals surface area (Å²) in [6.07, 6.45) is 0. The Morgan fingerprint density at radius 1 is 1.44 bits per heavy atom. The van der Waals surface area contributed by atoms with E-state index in [-0.39, 0.29) is 5.41 Å². The summed E-state index contributed by atoms with van der Waals surface area (Å²) in [4.78, 5) is 0. The van der Waals surface area contributed by atoms with Crippen LogP contribution < -0.4 is 10.5 Å². The van der Waals surface area contributed by atoms with Gasteiger partial charge in [-0.15, -0.1) is 11.3 Å². The van der Waals surface area contributed by atoms with Gasteiger partial charge < -0.3 is 5.73 Å². The minimum Gasteiger partial charge on any atom is -0.326 e. The largest absolute Gasteiger partial charge is 0.326 e. The molecule has 0 radical (unpaired) electrons. The molecule has 0 spiro atoms. The fourth-order valence-corrected chi connectivity index (χ4v) is 3.53. The van der Waals surface area contributed by atoms with Crippen LogP contribution in [-0.4, -0.2) is 15.0 Å². The first-order chi connectivity index (χ1) is 7.24. The Balaban J connectivity index is 2.78. The van der Waals surface area contributed by atoms with Crippen molar-refractivity contribution < 1.29 is 8.42 Å². The van der Waals surface area contributed by atoms with Gasteiger partial charge >= 0.3 is 0 Å². The molecule has 0 aliphatic carbocycles. The molecule has 6 heteroatoms. The van der Waals surface area contributed by atoms with Gasteiger partial charge in [-0.3, -0.25) is 0 Å². The zero-order valence-electron chi connectivity index (χ0n) is 9.78. The van der Waals surface area contributed by atoms with E-state index in [1.807, 2.05) is 20.8 Å². The first-order valence-corrected chi connectivity index (χ1v) is 7.38. The van der Waals surface area contributed by atoms with Crippen LogP contribution in [-0.2, 0) is 16.6 Å². The number of hydrogen-bond donors (Lipinski definition) is 2. The minimum absolute atomic E-state index is 0.0684. The molecule has 0 bridgehead atoms. The zero-order valence-corrected chi connectivity index (χ0v) is 11.4. The van der Waals surface area contributed by atoms with Gasteiger partial charge in [0.15, 0.2) is 0 Å². The van der Waals surface area contributed by atoms with Gasteiger partial charge in [0.2, 0.25) is 10.0 Å². The predicted octanol–water partition coefficient (Wildman–Crippen LogP) is 1.53. The molecule has 0 unspecified atom stereocenters. The van der Waals surface area contributed by atoms with E-state index in [9.17, 15) is 8.42 Å². The summed E-state index contributed by atoms with van der Waals surface area (Å²) in [5.41, 5.74) is 6.22. The van der Waals surface area contributed by atoms with Crippen molar-refractivity contribution in [1.29, 1.82) is 0 Å². The second-order valence-corrected chi connectivity index (χ2v) is 7.77. The highest BCUT2D eigenvalue weighted by Gasteiger charge is 2.19. The molecule has 0 aliphatic rings. The normalized spacial score (nSPS) is 13.0. The van der Waals surface area contributed by atoms with Crippen LogP contribution in [0.15, 0.2) is 15.7 Å². The molecule has 0 saturated heterocycles. The molecule has 0 saturated carbocycles. The van der Waals surface area contributed by atoms with Crippen LogP contribution in [0.2, 0.25) is 0 Å². The van der Waals surface area contributed by atoms with Gasteiger partial charge in [-0.05, 0) is 22.4 Å². The number of nitrogens with two attached hydrogens (primary N) is 1. The predicted molar refractivity (Wildman–Crippen MR) is 66.9 cm³/mol. The average molecular weight is 262 g/mol. The average Bonchev–Trinajstić information content (AvgIpc) is 2.62. The Hall–Kier alpha value is -0.430. The maximum atomic E-state index is 11.9. The monoisotopic (exact) mass is 262 g/mol. The zero-order chi connectivity index (χ0) is 12.4. The lowest BCUT2D eigenvalue weighted by Crippen LogP contribution is -2.31. The molecule has 0 aromatic carbocycles. The van der Waals surface area contributed by atoms with Crippen molar-refractivity contribution in [2.75, 3.05) is 6.54 Å². The highest BCUT2D eigenvalue weighted by Crippen LogP contribution is 2.20. The van der Waals surface area contributed by atoms with Gasteiger partial charge in [0.1, 0.15) is 4.21 Å². The lowest BCUT2D eigenvalue weighted by Gasteiger charge is -2.18. The molecule has 0 atom stereocenters. The summed E-state index contributed by atoms with van der Waals surface area (Å²) < 4.78 is 26.7. The van der Waals surface area contributed by atoms with E-state index in [1.165, 1.54) is 11.3 Å². The first-order valence-electron chi connectivity index (χ1n) is 5.02. The van der Waals surface area contributed by atoms with Crippen molar-refractivity contribution in [3.63, 3.8) is 0 Å². The van der Waals surface area contributed by atoms with Crippen LogP contribution in [0.4, 0.5) is 0 Å². The van der Waals surface area contributed by atoms with E-state index in [4.69, 9.17) is 5.73 Å². The Morgan fingerprint density at radius 3 is 2.50 bits per heavy atom. The molecule has 16 heavy (non-hydrogen) atoms. The van der Waals surface area contributed by atoms with Crippen LogP contribution in [0.25, 0.3) is 0 Å². The molecular weight excluding hydrogens is 244 g/mol. The maximum absolute atomic E-state index is 11.9. The van der Waals surface area contributed by atoms with E-state index in [1.54, 1.807) is 11.4 Å². The van der Waals surface area contributed by atoms with Gasteiger partial charge in [0.25, 0.3) is 0 Å². The highest BCUT2D eigenvalue weighted by molar-refractivity contribution is 7.91. The van der Waals surface area contributed by atoms with Gasteiger partial charge in [-0.1, -0.05) is 20.8 Å². The number of nitrogens with one attached hydrogen (secondary N) is 1. The van der Waals surface area contributed by atoms with Crippen LogP contribution >= 0.6 is 11.3 Å². The second-order valence-electron chi connectivity index (χ2n) is 4.86. The topological polar surface area (TPSA) is 72.2 Å². The fourth-order valence-electron chi connectivity index (χ4n) is 0.984. The molecule has 1 aromatic heterocycles. The van der Waals surface area contributed by atoms with Crippen molar-refractivity contribution in [2.45, 2.75) is 31.5 Å². The SMILES string of the molecule is CC(C)(C)CNS(=O)(=O)c1cc(CN)cs1. The van der Waals surface area contributed by atoms with Crippen molar-refractivity contribution in [1.82, 2.24) is 4.72 Å². The Morgan fingerprint density at radius 2 is 2.06 bits per heavy atom. The van der Waals surface area contributed by atoms with E-state index >= 15 is 0 Å². The first kappa shape index (κ1) is 13.6. The van der Waals surface area contributed by atoms with Crippen LogP contribution in [0.3, 0.4) is 0 Å². The summed E-state index contributed by atoms with van der Waals surface area (Å²) in [5, 5.41) is 1.77. The molecule has 1 rings (SSSR count). The second kappa shape index (κ2) is 4.83. The van der Waals surface area contributed by atoms with E-state index in [2.05, 4.69) is 4.72 Å². The Kier molecular flexibility index (Phi) is 4.12. The van der Waals surface area contributed by atoms with Crippen molar-refractivity contribution in [2.24, 2.45) is 11.1 Å². The number of thiophene rings is 1. The number of sulfonamides is 1. The van der Waals surface area contributed by atoms with Crippen molar-refractivity contribution >= 4 is 21.4 Å². The Bertz CT molecular complexity index is 444. The molecule has 1 aromatic rings. The van der Waals surface area contributed by atoms with Gasteiger partial charge in [-0.25, -0.2) is 13.1 Å². The standard InChI is InChI=1S/C10H18N2O2S2/c1-10(2,3)7-12-16(13,14)9-4-8(5-11)6-15-9/h4,6,12H,5,7,11H2,1-3H3. The maximum Gasteiger partial charge on any atom is 0.250 e. The summed E-state index contributed by atoms with van der Waals surface area (Å²) in [7, 11) is -3.37. The van der Waals surface area contributed by atoms with E-state index in [0.717, 1.165) is 5.56 Å². The van der Waals surface area contributed by atoms with Gasteiger partial charge in [0.05, 0.1) is 0 Å². The van der Waals surface area contributed by atoms with Gasteiger partial charge in [-0.2, -0.15) is 0 Å². The lowest BCUT2D eigenvalue weighted by atomic mass is 9.98. The van der Waals surface area contributed by atoms with Gasteiger partial charge in [0, 0.05) is 13.1 Å². The third-order valence-electron chi connectivity index (χ3n) is 1.92. The van der Waals surface area contributed by atoms with Crippen molar-refractivity contribution in [3.05, 3.63) is 17.0 Å². The molecule has 1 heterocycles. The lowest BCUT2D eigenvalue weighted by molar-refractivity contribution is 0.408. The third-order valence-corrected chi connectivity index (χ3v) is 4.81. The van der Waals surface area contributed by atoms with Crippen LogP contribution in [0.1, 0.15) is 26.3 Å². The minimum atomic E-state index is -3.37.